The molecule has 0 heterocycles. The van der Waals surface area contributed by atoms with E-state index in [2.05, 4.69) is 10.6 Å². The van der Waals surface area contributed by atoms with Crippen molar-refractivity contribution < 1.29 is 26.3 Å². The van der Waals surface area contributed by atoms with Crippen LogP contribution in [0.5, 0.6) is 5.75 Å². The van der Waals surface area contributed by atoms with Crippen molar-refractivity contribution in [3.8, 4) is 5.75 Å². The molecule has 0 bridgehead atoms. The summed E-state index contributed by atoms with van der Waals surface area (Å²) in [6, 6.07) is 2.97. The number of hydrogen-bond acceptors (Lipinski definition) is 5. The fourth-order valence-electron chi connectivity index (χ4n) is 2.54. The van der Waals surface area contributed by atoms with Crippen molar-refractivity contribution in [1.29, 1.82) is 0 Å². The van der Waals surface area contributed by atoms with E-state index in [1.54, 1.807) is 38.1 Å². The van der Waals surface area contributed by atoms with Crippen LogP contribution in [0.1, 0.15) is 45.6 Å². The molecule has 0 aliphatic carbocycles. The molecule has 1 aromatic rings. The Morgan fingerprint density at radius 3 is 2.47 bits per heavy atom. The van der Waals surface area contributed by atoms with Crippen LogP contribution in [0.2, 0.25) is 0 Å². The summed E-state index contributed by atoms with van der Waals surface area (Å²) < 4.78 is 67.3. The van der Waals surface area contributed by atoms with E-state index in [0.29, 0.717) is 23.6 Å². The van der Waals surface area contributed by atoms with Gasteiger partial charge in [-0.3, -0.25) is 0 Å². The summed E-state index contributed by atoms with van der Waals surface area (Å²) in [6.45, 7) is 5.89. The topological polar surface area (TPSA) is 93.4 Å². The minimum absolute atomic E-state index is 0.0483. The van der Waals surface area contributed by atoms with Gasteiger partial charge in [-0.05, 0) is 50.1 Å². The van der Waals surface area contributed by atoms with Crippen LogP contribution in [-0.4, -0.2) is 27.7 Å². The van der Waals surface area contributed by atoms with E-state index in [-0.39, 0.29) is 23.7 Å². The van der Waals surface area contributed by atoms with Gasteiger partial charge in [0.05, 0.1) is 12.1 Å². The van der Waals surface area contributed by atoms with Crippen LogP contribution >= 0.6 is 0 Å². The van der Waals surface area contributed by atoms with Crippen LogP contribution in [0.25, 0.3) is 0 Å². The van der Waals surface area contributed by atoms with Crippen LogP contribution < -0.4 is 20.5 Å². The van der Waals surface area contributed by atoms with Crippen molar-refractivity contribution in [2.24, 2.45) is 5.14 Å². The lowest BCUT2D eigenvalue weighted by Gasteiger charge is -2.19. The Kier molecular flexibility index (Phi) is 10.4. The van der Waals surface area contributed by atoms with Crippen molar-refractivity contribution in [2.45, 2.75) is 57.7 Å². The zero-order valence-electron chi connectivity index (χ0n) is 17.5. The van der Waals surface area contributed by atoms with Crippen molar-refractivity contribution in [2.75, 3.05) is 18.4 Å². The highest BCUT2D eigenvalue weighted by atomic mass is 32.2. The Morgan fingerprint density at radius 1 is 1.23 bits per heavy atom. The molecule has 0 unspecified atom stereocenters. The highest BCUT2D eigenvalue weighted by molar-refractivity contribution is 7.89. The van der Waals surface area contributed by atoms with Crippen molar-refractivity contribution in [1.82, 2.24) is 5.32 Å². The maximum Gasteiger partial charge on any atom is 0.390 e. The third-order valence-corrected chi connectivity index (χ3v) is 4.93. The smallest absolute Gasteiger partial charge is 0.390 e. The summed E-state index contributed by atoms with van der Waals surface area (Å²) >= 11 is 0. The van der Waals surface area contributed by atoms with Gasteiger partial charge in [-0.1, -0.05) is 19.4 Å². The van der Waals surface area contributed by atoms with Gasteiger partial charge in [-0.15, -0.1) is 0 Å². The molecule has 1 aromatic carbocycles. The number of nitrogens with two attached hydrogens (primary N) is 1. The maximum absolute atomic E-state index is 12.3. The molecule has 0 radical (unpaired) electrons. The predicted molar refractivity (Wildman–Crippen MR) is 113 cm³/mol. The van der Waals surface area contributed by atoms with Crippen LogP contribution in [0.3, 0.4) is 0 Å². The Balaban J connectivity index is 3.31. The second kappa shape index (κ2) is 12.0. The molecular formula is C20H30F3N3O3S. The van der Waals surface area contributed by atoms with Gasteiger partial charge >= 0.3 is 6.18 Å². The van der Waals surface area contributed by atoms with E-state index in [1.807, 2.05) is 6.92 Å². The lowest BCUT2D eigenvalue weighted by Crippen LogP contribution is -2.22. The SMILES string of the molecule is C/C=C\C(=C/C)Oc1c(NCCCC)cc(CNCCC(F)(F)F)cc1S(N)(=O)=O. The molecule has 0 aliphatic heterocycles. The lowest BCUT2D eigenvalue weighted by atomic mass is 10.1. The van der Waals surface area contributed by atoms with Crippen LogP contribution in [0, 0.1) is 0 Å². The standard InChI is InChI=1S/C20H30F3N3O3S/c1-4-7-10-26-17-12-15(14-25-11-9-20(21,22)23)13-18(30(24,27)28)19(17)29-16(6-3)8-5-2/h5-6,8,12-13,25-26H,4,7,9-11,14H2,1-3H3,(H2,24,27,28)/b8-5-,16-6+. The number of primary sulfonamides is 1. The number of sulfonamides is 1. The first kappa shape index (κ1) is 26.0. The predicted octanol–water partition coefficient (Wildman–Crippen LogP) is 4.45. The second-order valence-electron chi connectivity index (χ2n) is 6.63. The van der Waals surface area contributed by atoms with Crippen molar-refractivity contribution in [3.63, 3.8) is 0 Å². The summed E-state index contributed by atoms with van der Waals surface area (Å²) in [5, 5.41) is 11.2. The number of unbranched alkanes of at least 4 members (excludes halogenated alkanes) is 1. The molecular weight excluding hydrogens is 419 g/mol. The molecule has 10 heteroatoms. The Bertz CT molecular complexity index is 851. The summed E-state index contributed by atoms with van der Waals surface area (Å²) in [5.41, 5.74) is 0.882. The fraction of sp³-hybridized carbons (Fsp3) is 0.500. The van der Waals surface area contributed by atoms with Gasteiger partial charge in [-0.2, -0.15) is 13.2 Å². The van der Waals surface area contributed by atoms with Gasteiger partial charge in [-0.25, -0.2) is 13.6 Å². The first-order valence-electron chi connectivity index (χ1n) is 9.69. The molecule has 6 nitrogen and oxygen atoms in total. The quantitative estimate of drug-likeness (QED) is 0.249. The van der Waals surface area contributed by atoms with Crippen LogP contribution in [-0.2, 0) is 16.6 Å². The zero-order chi connectivity index (χ0) is 22.8. The number of nitrogens with one attached hydrogen (secondary N) is 2. The Hall–Kier alpha value is -2.04. The molecule has 0 saturated heterocycles. The number of alkyl halides is 3. The molecule has 30 heavy (non-hydrogen) atoms. The minimum atomic E-state index is -4.26. The lowest BCUT2D eigenvalue weighted by molar-refractivity contribution is -0.133. The molecule has 0 aliphatic rings. The number of rotatable bonds is 12. The van der Waals surface area contributed by atoms with E-state index in [1.165, 1.54) is 6.07 Å². The number of allylic oxidation sites excluding steroid dienone is 3. The van der Waals surface area contributed by atoms with Crippen molar-refractivity contribution >= 4 is 15.7 Å². The van der Waals surface area contributed by atoms with Gasteiger partial charge in [0, 0.05) is 19.6 Å². The number of benzene rings is 1. The largest absolute Gasteiger partial charge is 0.454 e. The number of ether oxygens (including phenoxy) is 1. The van der Waals surface area contributed by atoms with E-state index >= 15 is 0 Å². The molecule has 0 amide bonds. The third-order valence-electron chi connectivity index (χ3n) is 4.02. The summed E-state index contributed by atoms with van der Waals surface area (Å²) in [5.74, 6) is 0.482. The van der Waals surface area contributed by atoms with Crippen molar-refractivity contribution in [3.05, 3.63) is 41.7 Å². The van der Waals surface area contributed by atoms with E-state index < -0.39 is 22.6 Å². The molecule has 170 valence electrons. The maximum atomic E-state index is 12.3. The average Bonchev–Trinajstić information content (AvgIpc) is 2.64. The summed E-state index contributed by atoms with van der Waals surface area (Å²) in [7, 11) is -4.16. The molecule has 0 fully saturated rings. The number of halogens is 3. The first-order valence-corrected chi connectivity index (χ1v) is 11.2. The third kappa shape index (κ3) is 9.19. The molecule has 0 saturated carbocycles. The fourth-order valence-corrected chi connectivity index (χ4v) is 3.27. The van der Waals surface area contributed by atoms with Crippen LogP contribution in [0.15, 0.2) is 41.0 Å². The van der Waals surface area contributed by atoms with E-state index in [0.717, 1.165) is 12.8 Å². The summed E-state index contributed by atoms with van der Waals surface area (Å²) in [4.78, 5) is -0.236. The van der Waals surface area contributed by atoms with Gasteiger partial charge in [0.25, 0.3) is 0 Å². The highest BCUT2D eigenvalue weighted by Crippen LogP contribution is 2.35. The monoisotopic (exact) mass is 449 g/mol. The first-order chi connectivity index (χ1) is 14.0. The molecule has 1 rings (SSSR count). The molecule has 0 aromatic heterocycles. The Morgan fingerprint density at radius 2 is 1.93 bits per heavy atom. The average molecular weight is 450 g/mol. The van der Waals surface area contributed by atoms with Gasteiger partial charge < -0.3 is 15.4 Å². The van der Waals surface area contributed by atoms with Gasteiger partial charge in [0.2, 0.25) is 10.0 Å². The summed E-state index contributed by atoms with van der Waals surface area (Å²) in [6.07, 6.45) is 1.61. The zero-order valence-corrected chi connectivity index (χ0v) is 18.3. The van der Waals surface area contributed by atoms with E-state index in [4.69, 9.17) is 9.88 Å². The Labute approximate surface area is 176 Å². The highest BCUT2D eigenvalue weighted by Gasteiger charge is 2.26. The van der Waals surface area contributed by atoms with E-state index in [9.17, 15) is 21.6 Å². The number of hydrogen-bond donors (Lipinski definition) is 3. The van der Waals surface area contributed by atoms with Gasteiger partial charge in [0.15, 0.2) is 5.75 Å². The molecule has 0 spiro atoms. The minimum Gasteiger partial charge on any atom is -0.454 e. The van der Waals surface area contributed by atoms with Gasteiger partial charge in [0.1, 0.15) is 10.7 Å². The normalized spacial score (nSPS) is 13.1. The molecule has 0 atom stereocenters. The second-order valence-corrected chi connectivity index (χ2v) is 8.16. The van der Waals surface area contributed by atoms with Crippen LogP contribution in [0.4, 0.5) is 18.9 Å². The number of anilines is 1. The molecule has 4 N–H and O–H groups in total.